The maximum Gasteiger partial charge on any atom is 0.197 e. The van der Waals surface area contributed by atoms with Crippen molar-refractivity contribution in [2.24, 2.45) is 0 Å². The third kappa shape index (κ3) is 2.94. The van der Waals surface area contributed by atoms with Crippen LogP contribution >= 0.6 is 35.0 Å². The van der Waals surface area contributed by atoms with Crippen molar-refractivity contribution in [1.29, 1.82) is 0 Å². The molecule has 1 heterocycles. The second kappa shape index (κ2) is 5.87. The summed E-state index contributed by atoms with van der Waals surface area (Å²) in [5.41, 5.74) is 0.749. The summed E-state index contributed by atoms with van der Waals surface area (Å²) in [5, 5.41) is -0.533. The lowest BCUT2D eigenvalue weighted by atomic mass is 10.2. The van der Waals surface area contributed by atoms with Gasteiger partial charge in [-0.05, 0) is 17.9 Å². The molecule has 0 saturated heterocycles. The van der Waals surface area contributed by atoms with Crippen molar-refractivity contribution in [3.05, 3.63) is 40.4 Å². The highest BCUT2D eigenvalue weighted by atomic mass is 35.5. The lowest BCUT2D eigenvalue weighted by molar-refractivity contribution is 0.615. The number of nitrogens with zero attached hydrogens (tertiary/aromatic N) is 2. The van der Waals surface area contributed by atoms with Crippen molar-refractivity contribution in [2.45, 2.75) is 11.8 Å². The van der Waals surface area contributed by atoms with Crippen LogP contribution in [0.25, 0.3) is 11.4 Å². The zero-order chi connectivity index (χ0) is 13.1. The van der Waals surface area contributed by atoms with E-state index in [-0.39, 0.29) is 10.3 Å². The summed E-state index contributed by atoms with van der Waals surface area (Å²) in [6.45, 7) is 2.08. The summed E-state index contributed by atoms with van der Waals surface area (Å²) >= 11 is 13.0. The zero-order valence-electron chi connectivity index (χ0n) is 9.45. The molecule has 0 aliphatic carbocycles. The second-order valence-electron chi connectivity index (χ2n) is 3.40. The molecule has 18 heavy (non-hydrogen) atoms. The molecule has 0 bridgehead atoms. The van der Waals surface area contributed by atoms with Gasteiger partial charge in [0.2, 0.25) is 0 Å². The predicted octanol–water partition coefficient (Wildman–Crippen LogP) is 4.70. The average molecular weight is 303 g/mol. The number of rotatable bonds is 3. The first-order valence-corrected chi connectivity index (χ1v) is 6.97. The number of hydrogen-bond donors (Lipinski definition) is 0. The van der Waals surface area contributed by atoms with Crippen molar-refractivity contribution >= 4 is 35.0 Å². The standard InChI is InChI=1S/C12H9Cl2FN2S/c1-2-18-8-5-3-7(4-6-8)12-16-10(13)9(15)11(14)17-12/h3-6H,2H2,1H3. The van der Waals surface area contributed by atoms with Crippen LogP contribution in [0.5, 0.6) is 0 Å². The van der Waals surface area contributed by atoms with Gasteiger partial charge in [-0.25, -0.2) is 14.4 Å². The molecule has 0 saturated carbocycles. The SMILES string of the molecule is CCSc1ccc(-c2nc(Cl)c(F)c(Cl)n2)cc1. The first kappa shape index (κ1) is 13.6. The van der Waals surface area contributed by atoms with Crippen LogP contribution in [-0.4, -0.2) is 15.7 Å². The van der Waals surface area contributed by atoms with Crippen molar-refractivity contribution in [2.75, 3.05) is 5.75 Å². The fraction of sp³-hybridized carbons (Fsp3) is 0.167. The first-order valence-electron chi connectivity index (χ1n) is 5.23. The minimum atomic E-state index is -0.791. The van der Waals surface area contributed by atoms with Crippen molar-refractivity contribution in [3.8, 4) is 11.4 Å². The molecule has 2 nitrogen and oxygen atoms in total. The van der Waals surface area contributed by atoms with Crippen LogP contribution in [0.15, 0.2) is 29.2 Å². The van der Waals surface area contributed by atoms with Gasteiger partial charge in [-0.1, -0.05) is 42.3 Å². The van der Waals surface area contributed by atoms with E-state index in [4.69, 9.17) is 23.2 Å². The Kier molecular flexibility index (Phi) is 4.43. The summed E-state index contributed by atoms with van der Waals surface area (Å²) in [5.74, 6) is 0.532. The number of hydrogen-bond acceptors (Lipinski definition) is 3. The van der Waals surface area contributed by atoms with Crippen molar-refractivity contribution in [1.82, 2.24) is 9.97 Å². The Hall–Kier alpha value is -0.840. The molecule has 0 amide bonds. The van der Waals surface area contributed by atoms with E-state index in [9.17, 15) is 4.39 Å². The van der Waals surface area contributed by atoms with Crippen LogP contribution in [0.1, 0.15) is 6.92 Å². The fourth-order valence-electron chi connectivity index (χ4n) is 1.39. The molecule has 94 valence electrons. The van der Waals surface area contributed by atoms with E-state index >= 15 is 0 Å². The molecular weight excluding hydrogens is 294 g/mol. The number of benzene rings is 1. The molecule has 0 spiro atoms. The fourth-order valence-corrected chi connectivity index (χ4v) is 2.44. The molecule has 0 N–H and O–H groups in total. The predicted molar refractivity (Wildman–Crippen MR) is 73.8 cm³/mol. The molecule has 1 aromatic heterocycles. The minimum Gasteiger partial charge on any atom is -0.213 e. The Balaban J connectivity index is 2.36. The van der Waals surface area contributed by atoms with Gasteiger partial charge < -0.3 is 0 Å². The summed E-state index contributed by atoms with van der Waals surface area (Å²) in [4.78, 5) is 8.89. The Morgan fingerprint density at radius 1 is 1.11 bits per heavy atom. The van der Waals surface area contributed by atoms with E-state index in [0.717, 1.165) is 16.2 Å². The highest BCUT2D eigenvalue weighted by molar-refractivity contribution is 7.99. The van der Waals surface area contributed by atoms with Crippen LogP contribution in [0.4, 0.5) is 4.39 Å². The molecule has 2 aromatic rings. The maximum absolute atomic E-state index is 13.2. The quantitative estimate of drug-likeness (QED) is 0.607. The summed E-state index contributed by atoms with van der Waals surface area (Å²) in [6.07, 6.45) is 0. The Morgan fingerprint density at radius 3 is 2.17 bits per heavy atom. The number of thioether (sulfide) groups is 1. The van der Waals surface area contributed by atoms with Crippen molar-refractivity contribution < 1.29 is 4.39 Å². The van der Waals surface area contributed by atoms with E-state index in [1.165, 1.54) is 0 Å². The topological polar surface area (TPSA) is 25.8 Å². The minimum absolute atomic E-state index is 0.267. The van der Waals surface area contributed by atoms with E-state index in [1.54, 1.807) is 11.8 Å². The molecule has 2 rings (SSSR count). The second-order valence-corrected chi connectivity index (χ2v) is 5.45. The van der Waals surface area contributed by atoms with E-state index in [0.29, 0.717) is 5.82 Å². The van der Waals surface area contributed by atoms with Crippen LogP contribution in [0.3, 0.4) is 0 Å². The van der Waals surface area contributed by atoms with Gasteiger partial charge in [-0.15, -0.1) is 11.8 Å². The van der Waals surface area contributed by atoms with Gasteiger partial charge in [0, 0.05) is 10.5 Å². The van der Waals surface area contributed by atoms with Crippen LogP contribution in [0.2, 0.25) is 10.3 Å². The van der Waals surface area contributed by atoms with Crippen molar-refractivity contribution in [3.63, 3.8) is 0 Å². The first-order chi connectivity index (χ1) is 8.61. The van der Waals surface area contributed by atoms with Crippen LogP contribution < -0.4 is 0 Å². The molecule has 0 atom stereocenters. The third-order valence-electron chi connectivity index (χ3n) is 2.19. The Morgan fingerprint density at radius 2 is 1.67 bits per heavy atom. The molecular formula is C12H9Cl2FN2S. The highest BCUT2D eigenvalue weighted by Gasteiger charge is 2.12. The normalized spacial score (nSPS) is 10.7. The average Bonchev–Trinajstić information content (AvgIpc) is 2.37. The summed E-state index contributed by atoms with van der Waals surface area (Å²) in [6, 6.07) is 7.63. The molecule has 6 heteroatoms. The highest BCUT2D eigenvalue weighted by Crippen LogP contribution is 2.26. The zero-order valence-corrected chi connectivity index (χ0v) is 11.8. The maximum atomic E-state index is 13.2. The lowest BCUT2D eigenvalue weighted by Gasteiger charge is -2.04. The van der Waals surface area contributed by atoms with Crippen LogP contribution in [-0.2, 0) is 0 Å². The molecule has 0 aliphatic heterocycles. The van der Waals surface area contributed by atoms with Gasteiger partial charge in [0.05, 0.1) is 0 Å². The molecule has 0 fully saturated rings. The van der Waals surface area contributed by atoms with E-state index < -0.39 is 5.82 Å². The Labute approximate surface area is 119 Å². The molecule has 0 unspecified atom stereocenters. The summed E-state index contributed by atoms with van der Waals surface area (Å²) < 4.78 is 13.2. The Bertz CT molecular complexity index is 537. The van der Waals surface area contributed by atoms with Gasteiger partial charge in [0.15, 0.2) is 21.9 Å². The number of aromatic nitrogens is 2. The van der Waals surface area contributed by atoms with Gasteiger partial charge >= 0.3 is 0 Å². The number of halogens is 3. The van der Waals surface area contributed by atoms with E-state index in [2.05, 4.69) is 16.9 Å². The molecule has 0 radical (unpaired) electrons. The lowest BCUT2D eigenvalue weighted by Crippen LogP contribution is -1.94. The van der Waals surface area contributed by atoms with Gasteiger partial charge in [-0.2, -0.15) is 0 Å². The van der Waals surface area contributed by atoms with Gasteiger partial charge in [0.1, 0.15) is 0 Å². The summed E-state index contributed by atoms with van der Waals surface area (Å²) in [7, 11) is 0. The smallest absolute Gasteiger partial charge is 0.197 e. The van der Waals surface area contributed by atoms with E-state index in [1.807, 2.05) is 24.3 Å². The largest absolute Gasteiger partial charge is 0.213 e. The van der Waals surface area contributed by atoms with Crippen LogP contribution in [0, 0.1) is 5.82 Å². The monoisotopic (exact) mass is 302 g/mol. The van der Waals surface area contributed by atoms with Gasteiger partial charge in [0.25, 0.3) is 0 Å². The third-order valence-corrected chi connectivity index (χ3v) is 3.59. The molecule has 1 aromatic carbocycles. The van der Waals surface area contributed by atoms with Gasteiger partial charge in [-0.3, -0.25) is 0 Å². The molecule has 0 aliphatic rings.